The van der Waals surface area contributed by atoms with Crippen LogP contribution in [0.4, 0.5) is 23.7 Å². The normalized spacial score (nSPS) is 11.2. The molecule has 0 aliphatic heterocycles. The number of hydrogen-bond acceptors (Lipinski definition) is 2. The average molecular weight is 338 g/mol. The summed E-state index contributed by atoms with van der Waals surface area (Å²) in [6, 6.07) is 7.43. The fourth-order valence-corrected chi connectivity index (χ4v) is 2.34. The van der Waals surface area contributed by atoms with Crippen molar-refractivity contribution < 1.29 is 23.1 Å². The second kappa shape index (κ2) is 6.82. The zero-order chi connectivity index (χ0) is 17.9. The van der Waals surface area contributed by atoms with Gasteiger partial charge in [0.15, 0.2) is 0 Å². The molecule has 7 heteroatoms. The summed E-state index contributed by atoms with van der Waals surface area (Å²) in [7, 11) is 0. The minimum atomic E-state index is -4.55. The van der Waals surface area contributed by atoms with Crippen LogP contribution in [0.25, 0.3) is 0 Å². The average Bonchev–Trinajstić information content (AvgIpc) is 2.50. The quantitative estimate of drug-likeness (QED) is 0.779. The molecule has 0 radical (unpaired) electrons. The number of alkyl halides is 3. The van der Waals surface area contributed by atoms with E-state index in [4.69, 9.17) is 0 Å². The molecule has 0 aliphatic carbocycles. The van der Waals surface area contributed by atoms with Crippen molar-refractivity contribution in [2.45, 2.75) is 26.6 Å². The van der Waals surface area contributed by atoms with Crippen LogP contribution in [0.1, 0.15) is 22.3 Å². The summed E-state index contributed by atoms with van der Waals surface area (Å²) in [5, 5.41) is 14.4. The highest BCUT2D eigenvalue weighted by Gasteiger charge is 2.33. The van der Waals surface area contributed by atoms with Crippen LogP contribution in [-0.2, 0) is 12.7 Å². The molecule has 0 bridgehead atoms. The lowest BCUT2D eigenvalue weighted by Crippen LogP contribution is -2.29. The van der Waals surface area contributed by atoms with Crippen LogP contribution in [0.15, 0.2) is 36.4 Å². The molecular formula is C17H17F3N2O2. The number of aryl methyl sites for hydroxylation is 2. The van der Waals surface area contributed by atoms with Gasteiger partial charge < -0.3 is 15.7 Å². The monoisotopic (exact) mass is 338 g/mol. The number of amides is 2. The Morgan fingerprint density at radius 3 is 2.29 bits per heavy atom. The third-order valence-electron chi connectivity index (χ3n) is 3.48. The second-order valence-corrected chi connectivity index (χ2v) is 5.43. The summed E-state index contributed by atoms with van der Waals surface area (Å²) in [6.07, 6.45) is -4.55. The number of rotatable bonds is 3. The van der Waals surface area contributed by atoms with Crippen LogP contribution >= 0.6 is 0 Å². The maximum Gasteiger partial charge on any atom is 0.418 e. The Hall–Kier alpha value is -2.70. The number of urea groups is 1. The van der Waals surface area contributed by atoms with E-state index in [0.717, 1.165) is 11.6 Å². The van der Waals surface area contributed by atoms with Gasteiger partial charge in [-0.05, 0) is 42.7 Å². The van der Waals surface area contributed by atoms with Crippen LogP contribution in [0.5, 0.6) is 5.75 Å². The molecule has 0 heterocycles. The molecule has 3 N–H and O–H groups in total. The third-order valence-corrected chi connectivity index (χ3v) is 3.48. The second-order valence-electron chi connectivity index (χ2n) is 5.43. The van der Waals surface area contributed by atoms with Crippen LogP contribution < -0.4 is 10.6 Å². The molecule has 0 saturated carbocycles. The molecule has 0 unspecified atom stereocenters. The van der Waals surface area contributed by atoms with Crippen molar-refractivity contribution in [2.75, 3.05) is 5.32 Å². The van der Waals surface area contributed by atoms with Crippen molar-refractivity contribution in [3.05, 3.63) is 58.7 Å². The van der Waals surface area contributed by atoms with Gasteiger partial charge in [-0.2, -0.15) is 13.2 Å². The number of carbonyl (C=O) groups excluding carboxylic acids is 1. The predicted octanol–water partition coefficient (Wildman–Crippen LogP) is 4.35. The number of phenolic OH excluding ortho intramolecular Hbond substituents is 1. The number of aromatic hydroxyl groups is 1. The van der Waals surface area contributed by atoms with Crippen molar-refractivity contribution in [2.24, 2.45) is 0 Å². The van der Waals surface area contributed by atoms with Gasteiger partial charge in [0, 0.05) is 6.54 Å². The van der Waals surface area contributed by atoms with E-state index >= 15 is 0 Å². The lowest BCUT2D eigenvalue weighted by atomic mass is 10.1. The Labute approximate surface area is 137 Å². The number of nitrogens with one attached hydrogen (secondary N) is 2. The molecule has 24 heavy (non-hydrogen) atoms. The minimum Gasteiger partial charge on any atom is -0.507 e. The molecule has 2 rings (SSSR count). The minimum absolute atomic E-state index is 0.127. The first kappa shape index (κ1) is 17.7. The van der Waals surface area contributed by atoms with Crippen molar-refractivity contribution in [1.82, 2.24) is 5.32 Å². The summed E-state index contributed by atoms with van der Waals surface area (Å²) in [5.41, 5.74) is 0.850. The predicted molar refractivity (Wildman–Crippen MR) is 84.9 cm³/mol. The molecule has 2 aromatic carbocycles. The summed E-state index contributed by atoms with van der Waals surface area (Å²) in [6.45, 7) is 3.58. The van der Waals surface area contributed by atoms with Gasteiger partial charge in [0.1, 0.15) is 5.75 Å². The van der Waals surface area contributed by atoms with Gasteiger partial charge in [-0.15, -0.1) is 0 Å². The van der Waals surface area contributed by atoms with Gasteiger partial charge in [-0.1, -0.05) is 24.3 Å². The largest absolute Gasteiger partial charge is 0.507 e. The number of phenols is 1. The maximum absolute atomic E-state index is 12.9. The maximum atomic E-state index is 12.9. The molecule has 0 fully saturated rings. The summed E-state index contributed by atoms with van der Waals surface area (Å²) in [5.74, 6) is 0.183. The number of anilines is 1. The van der Waals surface area contributed by atoms with Crippen molar-refractivity contribution in [1.29, 1.82) is 0 Å². The van der Waals surface area contributed by atoms with Crippen LogP contribution in [-0.4, -0.2) is 11.1 Å². The Balaban J connectivity index is 2.05. The van der Waals surface area contributed by atoms with Gasteiger partial charge in [0.25, 0.3) is 0 Å². The zero-order valence-corrected chi connectivity index (χ0v) is 13.2. The Morgan fingerprint density at radius 2 is 1.71 bits per heavy atom. The highest BCUT2D eigenvalue weighted by Crippen LogP contribution is 2.34. The fourth-order valence-electron chi connectivity index (χ4n) is 2.34. The first-order valence-corrected chi connectivity index (χ1v) is 7.18. The van der Waals surface area contributed by atoms with Crippen molar-refractivity contribution in [3.8, 4) is 5.75 Å². The number of halogens is 3. The first-order valence-electron chi connectivity index (χ1n) is 7.18. The summed E-state index contributed by atoms with van der Waals surface area (Å²) in [4.78, 5) is 11.9. The van der Waals surface area contributed by atoms with E-state index in [1.807, 2.05) is 0 Å². The van der Waals surface area contributed by atoms with Crippen LogP contribution in [0.3, 0.4) is 0 Å². The van der Waals surface area contributed by atoms with E-state index in [9.17, 15) is 23.1 Å². The topological polar surface area (TPSA) is 61.4 Å². The van der Waals surface area contributed by atoms with E-state index < -0.39 is 17.8 Å². The molecule has 0 aliphatic rings. The zero-order valence-electron chi connectivity index (χ0n) is 13.2. The highest BCUT2D eigenvalue weighted by atomic mass is 19.4. The molecule has 2 amide bonds. The van der Waals surface area contributed by atoms with Crippen molar-refractivity contribution in [3.63, 3.8) is 0 Å². The van der Waals surface area contributed by atoms with Crippen LogP contribution in [0, 0.1) is 13.8 Å². The lowest BCUT2D eigenvalue weighted by molar-refractivity contribution is -0.136. The van der Waals surface area contributed by atoms with E-state index in [-0.39, 0.29) is 18.0 Å². The standard InChI is InChI=1S/C17H17F3N2O2/c1-10-7-12(8-11(2)15(10)23)9-21-16(24)22-14-6-4-3-5-13(14)17(18,19)20/h3-8,23H,9H2,1-2H3,(H2,21,22,24). The Bertz CT molecular complexity index is 735. The van der Waals surface area contributed by atoms with Gasteiger partial charge in [0.2, 0.25) is 0 Å². The van der Waals surface area contributed by atoms with E-state index in [1.54, 1.807) is 26.0 Å². The smallest absolute Gasteiger partial charge is 0.418 e. The molecule has 0 atom stereocenters. The Morgan fingerprint density at radius 1 is 1.12 bits per heavy atom. The van der Waals surface area contributed by atoms with E-state index in [1.165, 1.54) is 18.2 Å². The molecule has 4 nitrogen and oxygen atoms in total. The molecule has 0 saturated heterocycles. The number of hydrogen-bond donors (Lipinski definition) is 3. The van der Waals surface area contributed by atoms with Gasteiger partial charge in [-0.25, -0.2) is 4.79 Å². The number of para-hydroxylation sites is 1. The molecule has 2 aromatic rings. The fraction of sp³-hybridized carbons (Fsp3) is 0.235. The SMILES string of the molecule is Cc1cc(CNC(=O)Nc2ccccc2C(F)(F)F)cc(C)c1O. The lowest BCUT2D eigenvalue weighted by Gasteiger charge is -2.14. The van der Waals surface area contributed by atoms with Crippen molar-refractivity contribution >= 4 is 11.7 Å². The summed E-state index contributed by atoms with van der Waals surface area (Å²) >= 11 is 0. The molecule has 0 spiro atoms. The summed E-state index contributed by atoms with van der Waals surface area (Å²) < 4.78 is 38.6. The molecule has 0 aromatic heterocycles. The molecule has 128 valence electrons. The van der Waals surface area contributed by atoms with Gasteiger partial charge in [0.05, 0.1) is 11.3 Å². The number of benzene rings is 2. The van der Waals surface area contributed by atoms with Gasteiger partial charge >= 0.3 is 12.2 Å². The molecular weight excluding hydrogens is 321 g/mol. The van der Waals surface area contributed by atoms with Crippen LogP contribution in [0.2, 0.25) is 0 Å². The third kappa shape index (κ3) is 4.18. The Kier molecular flexibility index (Phi) is 5.02. The van der Waals surface area contributed by atoms with E-state index in [2.05, 4.69) is 10.6 Å². The van der Waals surface area contributed by atoms with E-state index in [0.29, 0.717) is 11.1 Å². The highest BCUT2D eigenvalue weighted by molar-refractivity contribution is 5.90. The first-order chi connectivity index (χ1) is 11.2. The van der Waals surface area contributed by atoms with Gasteiger partial charge in [-0.3, -0.25) is 0 Å². The number of carbonyl (C=O) groups is 1.